The van der Waals surface area contributed by atoms with Crippen molar-refractivity contribution < 1.29 is 0 Å². The van der Waals surface area contributed by atoms with Crippen LogP contribution in [0, 0.1) is 0 Å². The molecule has 0 radical (unpaired) electrons. The van der Waals surface area contributed by atoms with Crippen LogP contribution in [0.5, 0.6) is 0 Å². The van der Waals surface area contributed by atoms with Crippen molar-refractivity contribution in [3.05, 3.63) is 45.0 Å². The van der Waals surface area contributed by atoms with Crippen molar-refractivity contribution in [2.24, 2.45) is 0 Å². The van der Waals surface area contributed by atoms with Crippen molar-refractivity contribution >= 4 is 44.9 Å². The first kappa shape index (κ1) is 12.7. The molecule has 3 rings (SSSR count). The standard InChI is InChI=1S/C13H9ClN2OS2/c1-18-13-15-11(17)10-9(6-19-12(10)16-13)7-2-4-8(14)5-3-7/h2-6H,1H3,(H,15,16,17). The second-order valence-electron chi connectivity index (χ2n) is 3.91. The number of hydrogen-bond acceptors (Lipinski definition) is 4. The number of halogens is 1. The first-order valence-corrected chi connectivity index (χ1v) is 7.98. The molecule has 0 aliphatic rings. The zero-order valence-corrected chi connectivity index (χ0v) is 12.3. The molecule has 0 amide bonds. The molecule has 2 heterocycles. The van der Waals surface area contributed by atoms with E-state index in [1.54, 1.807) is 0 Å². The molecule has 0 aliphatic heterocycles. The Kier molecular flexibility index (Phi) is 3.35. The molecule has 19 heavy (non-hydrogen) atoms. The molecule has 0 atom stereocenters. The predicted octanol–water partition coefficient (Wildman–Crippen LogP) is 4.03. The Balaban J connectivity index is 2.26. The minimum Gasteiger partial charge on any atom is -0.301 e. The van der Waals surface area contributed by atoms with Crippen LogP contribution in [0.4, 0.5) is 0 Å². The molecule has 3 nitrogen and oxygen atoms in total. The van der Waals surface area contributed by atoms with E-state index in [1.807, 2.05) is 35.9 Å². The molecule has 0 saturated heterocycles. The van der Waals surface area contributed by atoms with Gasteiger partial charge in [-0.3, -0.25) is 4.79 Å². The zero-order chi connectivity index (χ0) is 13.4. The lowest BCUT2D eigenvalue weighted by molar-refractivity contribution is 0.984. The van der Waals surface area contributed by atoms with E-state index >= 15 is 0 Å². The Morgan fingerprint density at radius 3 is 2.74 bits per heavy atom. The highest BCUT2D eigenvalue weighted by Gasteiger charge is 2.12. The Morgan fingerprint density at radius 2 is 2.05 bits per heavy atom. The zero-order valence-electron chi connectivity index (χ0n) is 9.94. The lowest BCUT2D eigenvalue weighted by Crippen LogP contribution is -2.08. The third-order valence-electron chi connectivity index (χ3n) is 2.77. The predicted molar refractivity (Wildman–Crippen MR) is 82.5 cm³/mol. The van der Waals surface area contributed by atoms with Crippen molar-refractivity contribution in [3.8, 4) is 11.1 Å². The summed E-state index contributed by atoms with van der Waals surface area (Å²) >= 11 is 8.79. The number of fused-ring (bicyclic) bond motifs is 1. The number of aromatic amines is 1. The topological polar surface area (TPSA) is 45.8 Å². The molecule has 0 saturated carbocycles. The minimum atomic E-state index is -0.0967. The number of thioether (sulfide) groups is 1. The van der Waals surface area contributed by atoms with Crippen LogP contribution in [-0.2, 0) is 0 Å². The summed E-state index contributed by atoms with van der Waals surface area (Å²) in [6.45, 7) is 0. The Hall–Kier alpha value is -1.30. The molecule has 0 bridgehead atoms. The number of nitrogens with one attached hydrogen (secondary N) is 1. The molecule has 1 aromatic carbocycles. The van der Waals surface area contributed by atoms with E-state index in [4.69, 9.17) is 11.6 Å². The van der Waals surface area contributed by atoms with Crippen molar-refractivity contribution in [2.45, 2.75) is 5.16 Å². The molecule has 6 heteroatoms. The van der Waals surface area contributed by atoms with Crippen molar-refractivity contribution in [3.63, 3.8) is 0 Å². The summed E-state index contributed by atoms with van der Waals surface area (Å²) in [5.41, 5.74) is 1.78. The molecular weight excluding hydrogens is 300 g/mol. The number of nitrogens with zero attached hydrogens (tertiary/aromatic N) is 1. The van der Waals surface area contributed by atoms with Gasteiger partial charge in [-0.05, 0) is 24.0 Å². The van der Waals surface area contributed by atoms with Gasteiger partial charge in [-0.25, -0.2) is 4.98 Å². The maximum atomic E-state index is 12.2. The average molecular weight is 309 g/mol. The molecule has 0 spiro atoms. The van der Waals surface area contributed by atoms with E-state index < -0.39 is 0 Å². The van der Waals surface area contributed by atoms with Gasteiger partial charge in [0.15, 0.2) is 5.16 Å². The van der Waals surface area contributed by atoms with Gasteiger partial charge >= 0.3 is 0 Å². The minimum absolute atomic E-state index is 0.0967. The van der Waals surface area contributed by atoms with Gasteiger partial charge in [0, 0.05) is 16.0 Å². The smallest absolute Gasteiger partial charge is 0.260 e. The molecule has 2 aromatic heterocycles. The van der Waals surface area contributed by atoms with Crippen LogP contribution in [0.3, 0.4) is 0 Å². The summed E-state index contributed by atoms with van der Waals surface area (Å²) in [4.78, 5) is 20.1. The van der Waals surface area contributed by atoms with E-state index in [1.165, 1.54) is 23.1 Å². The van der Waals surface area contributed by atoms with Crippen LogP contribution in [0.1, 0.15) is 0 Å². The van der Waals surface area contributed by atoms with Gasteiger partial charge in [-0.2, -0.15) is 0 Å². The number of benzene rings is 1. The summed E-state index contributed by atoms with van der Waals surface area (Å²) in [5, 5.41) is 3.92. The molecule has 96 valence electrons. The summed E-state index contributed by atoms with van der Waals surface area (Å²) in [6.07, 6.45) is 1.89. The van der Waals surface area contributed by atoms with Gasteiger partial charge in [0.2, 0.25) is 0 Å². The maximum absolute atomic E-state index is 12.2. The largest absolute Gasteiger partial charge is 0.301 e. The summed E-state index contributed by atoms with van der Waals surface area (Å²) in [5.74, 6) is 0. The quantitative estimate of drug-likeness (QED) is 0.574. The van der Waals surface area contributed by atoms with Gasteiger partial charge in [-0.15, -0.1) is 11.3 Å². The van der Waals surface area contributed by atoms with E-state index in [9.17, 15) is 4.79 Å². The number of rotatable bonds is 2. The molecule has 0 unspecified atom stereocenters. The van der Waals surface area contributed by atoms with Gasteiger partial charge in [-0.1, -0.05) is 35.5 Å². The monoisotopic (exact) mass is 308 g/mol. The summed E-state index contributed by atoms with van der Waals surface area (Å²) < 4.78 is 0. The molecule has 0 fully saturated rings. The third-order valence-corrected chi connectivity index (χ3v) is 4.48. The van der Waals surface area contributed by atoms with Crippen molar-refractivity contribution in [1.82, 2.24) is 9.97 Å². The second kappa shape index (κ2) is 5.00. The fourth-order valence-corrected chi connectivity index (χ4v) is 3.38. The summed E-state index contributed by atoms with van der Waals surface area (Å²) in [6, 6.07) is 7.45. The Bertz CT molecular complexity index is 793. The van der Waals surface area contributed by atoms with Crippen LogP contribution >= 0.6 is 34.7 Å². The second-order valence-corrected chi connectivity index (χ2v) is 6.00. The molecule has 1 N–H and O–H groups in total. The first-order chi connectivity index (χ1) is 9.19. The fourth-order valence-electron chi connectivity index (χ4n) is 1.87. The number of aromatic nitrogens is 2. The SMILES string of the molecule is CSc1nc2scc(-c3ccc(Cl)cc3)c2c(=O)[nH]1. The van der Waals surface area contributed by atoms with Crippen LogP contribution in [0.15, 0.2) is 39.6 Å². The lowest BCUT2D eigenvalue weighted by atomic mass is 10.1. The average Bonchev–Trinajstić information content (AvgIpc) is 2.84. The van der Waals surface area contributed by atoms with Crippen LogP contribution in [-0.4, -0.2) is 16.2 Å². The number of H-pyrrole nitrogens is 1. The van der Waals surface area contributed by atoms with Crippen molar-refractivity contribution in [1.29, 1.82) is 0 Å². The molecular formula is C13H9ClN2OS2. The van der Waals surface area contributed by atoms with Crippen molar-refractivity contribution in [2.75, 3.05) is 6.26 Å². The van der Waals surface area contributed by atoms with Crippen LogP contribution < -0.4 is 5.56 Å². The number of thiophene rings is 1. The fraction of sp³-hybridized carbons (Fsp3) is 0.0769. The van der Waals surface area contributed by atoms with Gasteiger partial charge in [0.1, 0.15) is 4.83 Å². The van der Waals surface area contributed by atoms with Gasteiger partial charge in [0.05, 0.1) is 5.39 Å². The maximum Gasteiger partial charge on any atom is 0.260 e. The number of hydrogen-bond donors (Lipinski definition) is 1. The highest BCUT2D eigenvalue weighted by Crippen LogP contribution is 2.31. The van der Waals surface area contributed by atoms with E-state index in [2.05, 4.69) is 9.97 Å². The lowest BCUT2D eigenvalue weighted by Gasteiger charge is -2.00. The Morgan fingerprint density at radius 1 is 1.32 bits per heavy atom. The molecule has 0 aliphatic carbocycles. The summed E-state index contributed by atoms with van der Waals surface area (Å²) in [7, 11) is 0. The van der Waals surface area contributed by atoms with E-state index in [0.29, 0.717) is 15.6 Å². The third kappa shape index (κ3) is 2.29. The van der Waals surface area contributed by atoms with Gasteiger partial charge in [0.25, 0.3) is 5.56 Å². The molecule has 3 aromatic rings. The van der Waals surface area contributed by atoms with Crippen LogP contribution in [0.2, 0.25) is 5.02 Å². The first-order valence-electron chi connectivity index (χ1n) is 5.50. The highest BCUT2D eigenvalue weighted by molar-refractivity contribution is 7.98. The van der Waals surface area contributed by atoms with Crippen LogP contribution in [0.25, 0.3) is 21.3 Å². The highest BCUT2D eigenvalue weighted by atomic mass is 35.5. The Labute approximate surface area is 122 Å². The van der Waals surface area contributed by atoms with E-state index in [-0.39, 0.29) is 5.56 Å². The van der Waals surface area contributed by atoms with Gasteiger partial charge < -0.3 is 4.98 Å². The normalized spacial score (nSPS) is 11.1. The van der Waals surface area contributed by atoms with E-state index in [0.717, 1.165) is 16.0 Å².